The number of nitrogens with one attached hydrogen (secondary N) is 1. The van der Waals surface area contributed by atoms with Gasteiger partial charge in [-0.25, -0.2) is 0 Å². The highest BCUT2D eigenvalue weighted by Gasteiger charge is 2.33. The maximum atomic E-state index is 13.3. The fourth-order valence-electron chi connectivity index (χ4n) is 4.11. The van der Waals surface area contributed by atoms with Crippen molar-refractivity contribution in [2.75, 3.05) is 11.1 Å². The van der Waals surface area contributed by atoms with Crippen molar-refractivity contribution in [1.82, 2.24) is 19.3 Å². The van der Waals surface area contributed by atoms with Crippen LogP contribution in [0.15, 0.2) is 88.8 Å². The molecule has 5 aromatic rings. The SMILES string of the molecule is O=C(CSc1nnc(Cn2c(=O)sc3ccccc32)n1CCc1ccccc1)Nc1ccccc1C(F)(F)F. The van der Waals surface area contributed by atoms with Gasteiger partial charge in [0.25, 0.3) is 0 Å². The van der Waals surface area contributed by atoms with Gasteiger partial charge in [-0.3, -0.25) is 14.2 Å². The van der Waals surface area contributed by atoms with Crippen LogP contribution in [0.2, 0.25) is 0 Å². The number of para-hydroxylation sites is 2. The Morgan fingerprint density at radius 2 is 1.64 bits per heavy atom. The number of carbonyl (C=O) groups is 1. The highest BCUT2D eigenvalue weighted by atomic mass is 32.2. The second-order valence-corrected chi connectivity index (χ2v) is 10.5. The summed E-state index contributed by atoms with van der Waals surface area (Å²) in [5, 5.41) is 11.4. The molecule has 0 bridgehead atoms. The third kappa shape index (κ3) is 6.23. The highest BCUT2D eigenvalue weighted by molar-refractivity contribution is 7.99. The van der Waals surface area contributed by atoms with Crippen molar-refractivity contribution < 1.29 is 18.0 Å². The number of anilines is 1. The van der Waals surface area contributed by atoms with E-state index in [0.29, 0.717) is 23.9 Å². The van der Waals surface area contributed by atoms with Crippen LogP contribution in [0.5, 0.6) is 0 Å². The lowest BCUT2D eigenvalue weighted by atomic mass is 10.1. The molecule has 0 saturated carbocycles. The van der Waals surface area contributed by atoms with Crippen LogP contribution in [0, 0.1) is 0 Å². The zero-order valence-electron chi connectivity index (χ0n) is 20.4. The number of hydrogen-bond acceptors (Lipinski definition) is 6. The first-order valence-electron chi connectivity index (χ1n) is 11.9. The molecule has 1 amide bonds. The van der Waals surface area contributed by atoms with Crippen LogP contribution < -0.4 is 10.2 Å². The van der Waals surface area contributed by atoms with E-state index >= 15 is 0 Å². The Hall–Kier alpha value is -3.90. The third-order valence-corrected chi connectivity index (χ3v) is 7.90. The van der Waals surface area contributed by atoms with Crippen LogP contribution in [0.3, 0.4) is 0 Å². The van der Waals surface area contributed by atoms with Gasteiger partial charge in [-0.2, -0.15) is 13.2 Å². The molecule has 12 heteroatoms. The second-order valence-electron chi connectivity index (χ2n) is 8.59. The lowest BCUT2D eigenvalue weighted by molar-refractivity contribution is -0.137. The van der Waals surface area contributed by atoms with Gasteiger partial charge in [0.15, 0.2) is 11.0 Å². The van der Waals surface area contributed by atoms with Crippen molar-refractivity contribution in [2.24, 2.45) is 0 Å². The molecule has 3 aromatic carbocycles. The number of carbonyl (C=O) groups excluding carboxylic acids is 1. The normalized spacial score (nSPS) is 11.7. The summed E-state index contributed by atoms with van der Waals surface area (Å²) < 4.78 is 44.3. The molecule has 0 saturated heterocycles. The van der Waals surface area contributed by atoms with Gasteiger partial charge < -0.3 is 9.88 Å². The standard InChI is InChI=1S/C27H22F3N5O2S2/c28-27(29,30)19-10-4-5-11-20(19)31-24(36)17-38-25-33-32-23(34(25)15-14-18-8-2-1-3-9-18)16-35-21-12-6-7-13-22(21)39-26(35)37/h1-13H,14-17H2,(H,31,36). The average Bonchev–Trinajstić information content (AvgIpc) is 3.46. The predicted octanol–water partition coefficient (Wildman–Crippen LogP) is 5.70. The average molecular weight is 570 g/mol. The van der Waals surface area contributed by atoms with Crippen molar-refractivity contribution >= 4 is 44.9 Å². The molecule has 200 valence electrons. The van der Waals surface area contributed by atoms with E-state index in [9.17, 15) is 22.8 Å². The number of aromatic nitrogens is 4. The van der Waals surface area contributed by atoms with E-state index in [0.717, 1.165) is 44.9 Å². The number of thioether (sulfide) groups is 1. The Bertz CT molecular complexity index is 1660. The van der Waals surface area contributed by atoms with E-state index < -0.39 is 17.6 Å². The molecule has 0 radical (unpaired) electrons. The number of amides is 1. The molecule has 0 aliphatic heterocycles. The third-order valence-electron chi connectivity index (χ3n) is 5.97. The molecule has 7 nitrogen and oxygen atoms in total. The fourth-order valence-corrected chi connectivity index (χ4v) is 5.79. The van der Waals surface area contributed by atoms with Gasteiger partial charge in [0.2, 0.25) is 5.91 Å². The number of alkyl halides is 3. The summed E-state index contributed by atoms with van der Waals surface area (Å²) >= 11 is 2.23. The lowest BCUT2D eigenvalue weighted by Crippen LogP contribution is -2.19. The van der Waals surface area contributed by atoms with Crippen LogP contribution in [-0.4, -0.2) is 31.0 Å². The second kappa shape index (κ2) is 11.5. The van der Waals surface area contributed by atoms with Gasteiger partial charge in [0.1, 0.15) is 0 Å². The quantitative estimate of drug-likeness (QED) is 0.231. The molecule has 0 fully saturated rings. The molecule has 2 aromatic heterocycles. The summed E-state index contributed by atoms with van der Waals surface area (Å²) in [6.45, 7) is 0.681. The molecule has 5 rings (SSSR count). The molecule has 0 atom stereocenters. The molecule has 0 spiro atoms. The van der Waals surface area contributed by atoms with Crippen LogP contribution in [0.1, 0.15) is 17.0 Å². The zero-order chi connectivity index (χ0) is 27.4. The number of halogens is 3. The van der Waals surface area contributed by atoms with Gasteiger partial charge in [-0.1, -0.05) is 77.7 Å². The molecule has 0 aliphatic carbocycles. The highest BCUT2D eigenvalue weighted by Crippen LogP contribution is 2.34. The Morgan fingerprint density at radius 1 is 0.923 bits per heavy atom. The smallest absolute Gasteiger partial charge is 0.325 e. The lowest BCUT2D eigenvalue weighted by Gasteiger charge is -2.14. The minimum atomic E-state index is -4.59. The number of hydrogen-bond donors (Lipinski definition) is 1. The van der Waals surface area contributed by atoms with E-state index in [4.69, 9.17) is 0 Å². The number of rotatable bonds is 9. The minimum Gasteiger partial charge on any atom is -0.325 e. The predicted molar refractivity (Wildman–Crippen MR) is 146 cm³/mol. The zero-order valence-corrected chi connectivity index (χ0v) is 22.0. The Balaban J connectivity index is 1.37. The summed E-state index contributed by atoms with van der Waals surface area (Å²) in [5.41, 5.74) is 0.672. The largest absolute Gasteiger partial charge is 0.418 e. The molecule has 0 unspecified atom stereocenters. The van der Waals surface area contributed by atoms with Crippen LogP contribution >= 0.6 is 23.1 Å². The topological polar surface area (TPSA) is 81.8 Å². The van der Waals surface area contributed by atoms with Crippen molar-refractivity contribution in [1.29, 1.82) is 0 Å². The van der Waals surface area contributed by atoms with Gasteiger partial charge in [0, 0.05) is 6.54 Å². The Labute approximate surface area is 229 Å². The van der Waals surface area contributed by atoms with E-state index in [1.165, 1.54) is 18.2 Å². The Kier molecular flexibility index (Phi) is 7.84. The van der Waals surface area contributed by atoms with Gasteiger partial charge in [-0.05, 0) is 36.2 Å². The van der Waals surface area contributed by atoms with Crippen LogP contribution in [0.25, 0.3) is 10.2 Å². The molecule has 39 heavy (non-hydrogen) atoms. The molecular formula is C27H22F3N5O2S2. The van der Waals surface area contributed by atoms with E-state index in [1.54, 1.807) is 4.57 Å². The van der Waals surface area contributed by atoms with Crippen LogP contribution in [0.4, 0.5) is 18.9 Å². The monoisotopic (exact) mass is 569 g/mol. The molecular weight excluding hydrogens is 547 g/mol. The molecule has 2 heterocycles. The van der Waals surface area contributed by atoms with Crippen molar-refractivity contribution in [2.45, 2.75) is 30.8 Å². The van der Waals surface area contributed by atoms with Gasteiger partial charge in [0.05, 0.1) is 33.8 Å². The molecule has 0 aliphatic rings. The summed E-state index contributed by atoms with van der Waals surface area (Å²) in [4.78, 5) is 25.2. The summed E-state index contributed by atoms with van der Waals surface area (Å²) in [5.74, 6) is -0.227. The minimum absolute atomic E-state index is 0.120. The van der Waals surface area contributed by atoms with Crippen LogP contribution in [-0.2, 0) is 30.5 Å². The number of fused-ring (bicyclic) bond motifs is 1. The van der Waals surface area contributed by atoms with Crippen molar-refractivity contribution in [3.05, 3.63) is 105 Å². The maximum absolute atomic E-state index is 13.3. The summed E-state index contributed by atoms with van der Waals surface area (Å²) in [6, 6.07) is 22.1. The van der Waals surface area contributed by atoms with Crippen molar-refractivity contribution in [3.63, 3.8) is 0 Å². The summed E-state index contributed by atoms with van der Waals surface area (Å²) in [7, 11) is 0. The van der Waals surface area contributed by atoms with E-state index in [1.807, 2.05) is 59.2 Å². The summed E-state index contributed by atoms with van der Waals surface area (Å²) in [6.07, 6.45) is -3.93. The number of aryl methyl sites for hydroxylation is 1. The first kappa shape index (κ1) is 26.7. The fraction of sp³-hybridized carbons (Fsp3) is 0.185. The van der Waals surface area contributed by atoms with E-state index in [-0.39, 0.29) is 22.9 Å². The van der Waals surface area contributed by atoms with Gasteiger partial charge >= 0.3 is 11.0 Å². The van der Waals surface area contributed by atoms with Crippen molar-refractivity contribution in [3.8, 4) is 0 Å². The number of thiazole rings is 1. The number of benzene rings is 3. The molecule has 1 N–H and O–H groups in total. The van der Waals surface area contributed by atoms with E-state index in [2.05, 4.69) is 15.5 Å². The Morgan fingerprint density at radius 3 is 2.44 bits per heavy atom. The number of nitrogens with zero attached hydrogens (tertiary/aromatic N) is 4. The first-order valence-corrected chi connectivity index (χ1v) is 13.7. The maximum Gasteiger partial charge on any atom is 0.418 e. The van der Waals surface area contributed by atoms with Gasteiger partial charge in [-0.15, -0.1) is 10.2 Å². The first-order chi connectivity index (χ1) is 18.8.